The molecular weight excluding hydrogens is 240 g/mol. The van der Waals surface area contributed by atoms with Gasteiger partial charge < -0.3 is 19.4 Å². The Labute approximate surface area is 103 Å². The lowest BCUT2D eigenvalue weighted by atomic mass is 10.3. The first-order valence-electron chi connectivity index (χ1n) is 5.68. The van der Waals surface area contributed by atoms with Crippen molar-refractivity contribution in [2.45, 2.75) is 6.29 Å². The van der Waals surface area contributed by atoms with Gasteiger partial charge in [-0.05, 0) is 0 Å². The average Bonchev–Trinajstić information content (AvgIpc) is 2.86. The summed E-state index contributed by atoms with van der Waals surface area (Å²) in [5.41, 5.74) is 0.348. The lowest BCUT2D eigenvalue weighted by molar-refractivity contribution is -0.219. The number of aromatic nitrogens is 2. The summed E-state index contributed by atoms with van der Waals surface area (Å²) in [6.07, 6.45) is 1.01. The molecule has 1 amide bonds. The second-order valence-corrected chi connectivity index (χ2v) is 4.10. The zero-order chi connectivity index (χ0) is 12.5. The summed E-state index contributed by atoms with van der Waals surface area (Å²) in [6.45, 7) is 1.77. The molecule has 1 unspecified atom stereocenters. The number of hydroxylamine groups is 1. The predicted molar refractivity (Wildman–Crippen MR) is 59.7 cm³/mol. The highest BCUT2D eigenvalue weighted by Crippen LogP contribution is 2.24. The number of ether oxygens (including phenoxy) is 2. The molecule has 3 rings (SSSR count). The number of fused-ring (bicyclic) bond motifs is 1. The number of H-pyrrole nitrogens is 1. The molecule has 1 N–H and O–H groups in total. The maximum Gasteiger partial charge on any atom is 0.277 e. The van der Waals surface area contributed by atoms with Crippen molar-refractivity contribution in [3.63, 3.8) is 0 Å². The lowest BCUT2D eigenvalue weighted by Crippen LogP contribution is -2.48. The standard InChI is InChI=1S/C10H14N4O4/c1-13-6-14(18-7-4-16-2-3-17-7)9-8(10(13)15)11-5-12-9/h5,7H,2-4,6H2,1H3,(H,11,12). The molecule has 1 aromatic heterocycles. The van der Waals surface area contributed by atoms with Crippen molar-refractivity contribution in [3.8, 4) is 0 Å². The van der Waals surface area contributed by atoms with Gasteiger partial charge >= 0.3 is 0 Å². The minimum absolute atomic E-state index is 0.132. The van der Waals surface area contributed by atoms with Crippen molar-refractivity contribution < 1.29 is 19.1 Å². The van der Waals surface area contributed by atoms with Gasteiger partial charge in [-0.2, -0.15) is 0 Å². The molecule has 8 heteroatoms. The van der Waals surface area contributed by atoms with Crippen LogP contribution in [0.2, 0.25) is 0 Å². The Kier molecular flexibility index (Phi) is 2.90. The van der Waals surface area contributed by atoms with Gasteiger partial charge in [-0.1, -0.05) is 0 Å². The van der Waals surface area contributed by atoms with Crippen LogP contribution in [0.3, 0.4) is 0 Å². The van der Waals surface area contributed by atoms with Gasteiger partial charge in [0, 0.05) is 7.05 Å². The van der Waals surface area contributed by atoms with E-state index in [1.165, 1.54) is 11.2 Å². The predicted octanol–water partition coefficient (Wildman–Crippen LogP) is -0.436. The third kappa shape index (κ3) is 1.94. The first-order chi connectivity index (χ1) is 8.75. The van der Waals surface area contributed by atoms with Gasteiger partial charge in [-0.25, -0.2) is 14.9 Å². The highest BCUT2D eigenvalue weighted by molar-refractivity contribution is 5.98. The largest absolute Gasteiger partial charge is 0.374 e. The molecule has 0 aromatic carbocycles. The molecule has 8 nitrogen and oxygen atoms in total. The Bertz CT molecular complexity index is 443. The summed E-state index contributed by atoms with van der Waals surface area (Å²) in [7, 11) is 1.69. The number of carbonyl (C=O) groups excluding carboxylic acids is 1. The van der Waals surface area contributed by atoms with Crippen molar-refractivity contribution in [3.05, 3.63) is 12.0 Å². The van der Waals surface area contributed by atoms with Gasteiger partial charge in [0.15, 0.2) is 11.5 Å². The van der Waals surface area contributed by atoms with Crippen LogP contribution < -0.4 is 5.06 Å². The number of rotatable bonds is 2. The molecule has 0 bridgehead atoms. The van der Waals surface area contributed by atoms with E-state index in [2.05, 4.69) is 9.97 Å². The lowest BCUT2D eigenvalue weighted by Gasteiger charge is -2.35. The van der Waals surface area contributed by atoms with E-state index in [1.54, 1.807) is 12.1 Å². The Hall–Kier alpha value is -1.64. The van der Waals surface area contributed by atoms with Crippen LogP contribution in [0.15, 0.2) is 6.33 Å². The molecule has 3 heterocycles. The number of nitrogens with one attached hydrogen (secondary N) is 1. The number of amides is 1. The third-order valence-corrected chi connectivity index (χ3v) is 2.79. The molecule has 2 aliphatic rings. The SMILES string of the molecule is CN1CN(OC2COCCO2)c2[nH]cnc2C1=O. The summed E-state index contributed by atoms with van der Waals surface area (Å²) in [6, 6.07) is 0. The first kappa shape index (κ1) is 11.5. The summed E-state index contributed by atoms with van der Waals surface area (Å²) >= 11 is 0. The van der Waals surface area contributed by atoms with Gasteiger partial charge in [0.2, 0.25) is 6.29 Å². The molecule has 1 saturated heterocycles. The Morgan fingerprint density at radius 1 is 1.56 bits per heavy atom. The summed E-state index contributed by atoms with van der Waals surface area (Å²) < 4.78 is 10.7. The van der Waals surface area contributed by atoms with Crippen molar-refractivity contribution in [2.75, 3.05) is 38.6 Å². The van der Waals surface area contributed by atoms with Crippen LogP contribution in [0.4, 0.5) is 5.82 Å². The normalized spacial score (nSPS) is 24.3. The fourth-order valence-corrected chi connectivity index (χ4v) is 1.90. The van der Waals surface area contributed by atoms with Crippen LogP contribution in [0.25, 0.3) is 0 Å². The second-order valence-electron chi connectivity index (χ2n) is 4.10. The maximum absolute atomic E-state index is 11.8. The first-order valence-corrected chi connectivity index (χ1v) is 5.68. The Morgan fingerprint density at radius 3 is 3.22 bits per heavy atom. The summed E-state index contributed by atoms with van der Waals surface area (Å²) in [5.74, 6) is 0.416. The summed E-state index contributed by atoms with van der Waals surface area (Å²) in [5, 5.41) is 1.56. The Morgan fingerprint density at radius 2 is 2.44 bits per heavy atom. The fraction of sp³-hybridized carbons (Fsp3) is 0.600. The molecule has 98 valence electrons. The minimum Gasteiger partial charge on any atom is -0.374 e. The van der Waals surface area contributed by atoms with Crippen LogP contribution in [0.5, 0.6) is 0 Å². The van der Waals surface area contributed by atoms with Crippen LogP contribution in [0, 0.1) is 0 Å². The number of aromatic amines is 1. The molecular formula is C10H14N4O4. The molecule has 18 heavy (non-hydrogen) atoms. The number of imidazole rings is 1. The maximum atomic E-state index is 11.8. The topological polar surface area (TPSA) is 79.9 Å². The monoisotopic (exact) mass is 254 g/mol. The van der Waals surface area contributed by atoms with Crippen LogP contribution >= 0.6 is 0 Å². The van der Waals surface area contributed by atoms with Crippen molar-refractivity contribution in [1.29, 1.82) is 0 Å². The molecule has 0 radical (unpaired) electrons. The zero-order valence-corrected chi connectivity index (χ0v) is 9.96. The van der Waals surface area contributed by atoms with Crippen LogP contribution in [-0.4, -0.2) is 60.6 Å². The van der Waals surface area contributed by atoms with Gasteiger partial charge in [-0.15, -0.1) is 0 Å². The van der Waals surface area contributed by atoms with Crippen LogP contribution in [-0.2, 0) is 14.3 Å². The van der Waals surface area contributed by atoms with Crippen molar-refractivity contribution in [2.24, 2.45) is 0 Å². The number of anilines is 1. The number of hydrogen-bond donors (Lipinski definition) is 1. The second kappa shape index (κ2) is 4.56. The highest BCUT2D eigenvalue weighted by atomic mass is 16.8. The number of nitrogens with zero attached hydrogens (tertiary/aromatic N) is 3. The fourth-order valence-electron chi connectivity index (χ4n) is 1.90. The Balaban J connectivity index is 1.77. The highest BCUT2D eigenvalue weighted by Gasteiger charge is 2.32. The van der Waals surface area contributed by atoms with E-state index in [-0.39, 0.29) is 5.91 Å². The van der Waals surface area contributed by atoms with Gasteiger partial charge in [0.25, 0.3) is 5.91 Å². The minimum atomic E-state index is -0.462. The number of hydrogen-bond acceptors (Lipinski definition) is 6. The quantitative estimate of drug-likeness (QED) is 0.771. The van der Waals surface area contributed by atoms with Gasteiger partial charge in [0.05, 0.1) is 19.5 Å². The molecule has 0 saturated carbocycles. The van der Waals surface area contributed by atoms with Crippen LogP contribution in [0.1, 0.15) is 10.5 Å². The molecule has 1 aromatic rings. The molecule has 1 fully saturated rings. The van der Waals surface area contributed by atoms with E-state index in [9.17, 15) is 4.79 Å². The van der Waals surface area contributed by atoms with E-state index in [0.29, 0.717) is 38.0 Å². The van der Waals surface area contributed by atoms with Gasteiger partial charge in [-0.3, -0.25) is 4.79 Å². The van der Waals surface area contributed by atoms with E-state index >= 15 is 0 Å². The number of carbonyl (C=O) groups is 1. The van der Waals surface area contributed by atoms with E-state index in [0.717, 1.165) is 0 Å². The van der Waals surface area contributed by atoms with E-state index in [4.69, 9.17) is 14.3 Å². The summed E-state index contributed by atoms with van der Waals surface area (Å²) in [4.78, 5) is 25.9. The molecule has 0 aliphatic carbocycles. The molecule has 1 atom stereocenters. The molecule has 0 spiro atoms. The molecule has 2 aliphatic heterocycles. The van der Waals surface area contributed by atoms with E-state index in [1.807, 2.05) is 0 Å². The van der Waals surface area contributed by atoms with Crippen molar-refractivity contribution in [1.82, 2.24) is 14.9 Å². The van der Waals surface area contributed by atoms with Crippen molar-refractivity contribution >= 4 is 11.7 Å². The average molecular weight is 254 g/mol. The zero-order valence-electron chi connectivity index (χ0n) is 9.96. The third-order valence-electron chi connectivity index (χ3n) is 2.79. The smallest absolute Gasteiger partial charge is 0.277 e. The van der Waals surface area contributed by atoms with E-state index < -0.39 is 6.29 Å². The van der Waals surface area contributed by atoms with Gasteiger partial charge in [0.1, 0.15) is 13.3 Å².